The minimum absolute atomic E-state index is 0.0506. The largest absolute Gasteiger partial charge is 0.491 e. The van der Waals surface area contributed by atoms with E-state index in [0.29, 0.717) is 44.1 Å². The maximum Gasteiger partial charge on any atom is 0.418 e. The minimum Gasteiger partial charge on any atom is -0.491 e. The van der Waals surface area contributed by atoms with E-state index in [1.54, 1.807) is 29.2 Å². The number of ether oxygens (including phenoxy) is 2. The molecule has 0 bridgehead atoms. The van der Waals surface area contributed by atoms with Gasteiger partial charge in [0, 0.05) is 38.3 Å². The normalized spacial score (nSPS) is 18.9. The monoisotopic (exact) mass is 491 g/mol. The van der Waals surface area contributed by atoms with E-state index in [1.807, 2.05) is 4.90 Å². The van der Waals surface area contributed by atoms with Gasteiger partial charge < -0.3 is 19.7 Å². The molecule has 35 heavy (non-hydrogen) atoms. The molecule has 4 rings (SSSR count). The van der Waals surface area contributed by atoms with Crippen LogP contribution in [0.5, 0.6) is 5.75 Å². The van der Waals surface area contributed by atoms with Crippen molar-refractivity contribution in [1.82, 2.24) is 9.80 Å². The van der Waals surface area contributed by atoms with Gasteiger partial charge in [-0.15, -0.1) is 0 Å². The smallest absolute Gasteiger partial charge is 0.418 e. The quantitative estimate of drug-likeness (QED) is 0.640. The number of hydrogen-bond acceptors (Lipinski definition) is 5. The highest BCUT2D eigenvalue weighted by Crippen LogP contribution is 2.34. The van der Waals surface area contributed by atoms with Gasteiger partial charge in [-0.3, -0.25) is 14.5 Å². The number of hydrogen-bond donors (Lipinski definition) is 1. The third-order valence-corrected chi connectivity index (χ3v) is 6.09. The van der Waals surface area contributed by atoms with Gasteiger partial charge in [0.2, 0.25) is 5.91 Å². The zero-order valence-corrected chi connectivity index (χ0v) is 19.2. The van der Waals surface area contributed by atoms with E-state index in [4.69, 9.17) is 9.47 Å². The maximum atomic E-state index is 13.1. The van der Waals surface area contributed by atoms with E-state index in [-0.39, 0.29) is 24.2 Å². The van der Waals surface area contributed by atoms with Crippen LogP contribution in [0.4, 0.5) is 18.9 Å². The number of carbonyl (C=O) groups is 2. The summed E-state index contributed by atoms with van der Waals surface area (Å²) in [5, 5.41) is 2.36. The van der Waals surface area contributed by atoms with Crippen LogP contribution in [0.3, 0.4) is 0 Å². The Morgan fingerprint density at radius 1 is 1.03 bits per heavy atom. The number of carbonyl (C=O) groups excluding carboxylic acids is 2. The first kappa shape index (κ1) is 25.0. The number of rotatable bonds is 7. The molecule has 2 aliphatic heterocycles. The summed E-state index contributed by atoms with van der Waals surface area (Å²) in [5.74, 6) is 0.0407. The molecular weight excluding hydrogens is 463 g/mol. The van der Waals surface area contributed by atoms with Crippen LogP contribution in [-0.2, 0) is 15.7 Å². The molecule has 10 heteroatoms. The number of benzene rings is 2. The number of piperazine rings is 1. The molecule has 2 aromatic carbocycles. The van der Waals surface area contributed by atoms with Gasteiger partial charge in [0.1, 0.15) is 12.4 Å². The fraction of sp³-hybridized carbons (Fsp3) is 0.440. The van der Waals surface area contributed by atoms with E-state index in [0.717, 1.165) is 25.5 Å². The number of halogens is 3. The van der Waals surface area contributed by atoms with E-state index in [1.165, 1.54) is 18.2 Å². The summed E-state index contributed by atoms with van der Waals surface area (Å²) in [5.41, 5.74) is -0.599. The molecule has 2 amide bonds. The number of alkyl halides is 3. The lowest BCUT2D eigenvalue weighted by Gasteiger charge is -2.34. The molecule has 1 atom stereocenters. The SMILES string of the molecule is O=C(CN1CCN(C(=O)c2ccc(OC[C@H]3CCCO3)cc2)CC1)Nc1ccccc1C(F)(F)F. The van der Waals surface area contributed by atoms with Crippen LogP contribution in [0.1, 0.15) is 28.8 Å². The Labute approximate surface area is 201 Å². The van der Waals surface area contributed by atoms with Crippen LogP contribution < -0.4 is 10.1 Å². The molecule has 0 aromatic heterocycles. The van der Waals surface area contributed by atoms with Crippen molar-refractivity contribution in [2.24, 2.45) is 0 Å². The van der Waals surface area contributed by atoms with Crippen molar-refractivity contribution in [2.75, 3.05) is 51.3 Å². The average Bonchev–Trinajstić information content (AvgIpc) is 3.36. The molecular formula is C25H28F3N3O4. The highest BCUT2D eigenvalue weighted by atomic mass is 19.4. The Hall–Kier alpha value is -3.11. The fourth-order valence-electron chi connectivity index (χ4n) is 4.18. The molecule has 0 aliphatic carbocycles. The number of anilines is 1. The lowest BCUT2D eigenvalue weighted by Crippen LogP contribution is -2.50. The van der Waals surface area contributed by atoms with Crippen molar-refractivity contribution < 1.29 is 32.2 Å². The summed E-state index contributed by atoms with van der Waals surface area (Å²) in [6, 6.07) is 11.9. The van der Waals surface area contributed by atoms with Crippen molar-refractivity contribution in [3.8, 4) is 5.75 Å². The van der Waals surface area contributed by atoms with Crippen molar-refractivity contribution in [3.05, 3.63) is 59.7 Å². The summed E-state index contributed by atoms with van der Waals surface area (Å²) >= 11 is 0. The summed E-state index contributed by atoms with van der Waals surface area (Å²) in [4.78, 5) is 28.7. The van der Waals surface area contributed by atoms with Crippen LogP contribution in [-0.4, -0.2) is 73.7 Å². The summed E-state index contributed by atoms with van der Waals surface area (Å²) < 4.78 is 50.7. The molecule has 2 aromatic rings. The van der Waals surface area contributed by atoms with Gasteiger partial charge in [0.15, 0.2) is 0 Å². The Morgan fingerprint density at radius 2 is 1.74 bits per heavy atom. The highest BCUT2D eigenvalue weighted by Gasteiger charge is 2.33. The fourth-order valence-corrected chi connectivity index (χ4v) is 4.18. The number of nitrogens with one attached hydrogen (secondary N) is 1. The molecule has 0 radical (unpaired) electrons. The van der Waals surface area contributed by atoms with Crippen LogP contribution in [0.15, 0.2) is 48.5 Å². The van der Waals surface area contributed by atoms with E-state index in [9.17, 15) is 22.8 Å². The Bertz CT molecular complexity index is 1020. The van der Waals surface area contributed by atoms with Crippen molar-refractivity contribution in [1.29, 1.82) is 0 Å². The molecule has 0 spiro atoms. The standard InChI is InChI=1S/C25H28F3N3O4/c26-25(27,28)21-5-1-2-6-22(21)29-23(32)16-30-11-13-31(14-12-30)24(33)18-7-9-19(10-8-18)35-17-20-4-3-15-34-20/h1-2,5-10,20H,3-4,11-17H2,(H,29,32)/t20-/m1/s1. The third kappa shape index (κ3) is 6.73. The van der Waals surface area contributed by atoms with E-state index in [2.05, 4.69) is 5.32 Å². The predicted octanol–water partition coefficient (Wildman–Crippen LogP) is 3.66. The van der Waals surface area contributed by atoms with Gasteiger partial charge in [0.25, 0.3) is 5.91 Å². The second-order valence-corrected chi connectivity index (χ2v) is 8.63. The molecule has 2 heterocycles. The van der Waals surface area contributed by atoms with Crippen molar-refractivity contribution in [3.63, 3.8) is 0 Å². The van der Waals surface area contributed by atoms with Crippen LogP contribution in [0, 0.1) is 0 Å². The van der Waals surface area contributed by atoms with Gasteiger partial charge in [0.05, 0.1) is 23.9 Å². The number of para-hydroxylation sites is 1. The van der Waals surface area contributed by atoms with Crippen molar-refractivity contribution >= 4 is 17.5 Å². The average molecular weight is 492 g/mol. The number of nitrogens with zero attached hydrogens (tertiary/aromatic N) is 2. The summed E-state index contributed by atoms with van der Waals surface area (Å²) in [6.45, 7) is 2.94. The van der Waals surface area contributed by atoms with Gasteiger partial charge in [-0.1, -0.05) is 12.1 Å². The second-order valence-electron chi connectivity index (χ2n) is 8.63. The van der Waals surface area contributed by atoms with Gasteiger partial charge in [-0.25, -0.2) is 0 Å². The first-order valence-corrected chi connectivity index (χ1v) is 11.6. The molecule has 2 aliphatic rings. The molecule has 1 N–H and O–H groups in total. The van der Waals surface area contributed by atoms with Crippen LogP contribution >= 0.6 is 0 Å². The highest BCUT2D eigenvalue weighted by molar-refractivity contribution is 5.95. The first-order valence-electron chi connectivity index (χ1n) is 11.6. The van der Waals surface area contributed by atoms with Crippen molar-refractivity contribution in [2.45, 2.75) is 25.1 Å². The molecule has 2 fully saturated rings. The Balaban J connectivity index is 1.23. The maximum absolute atomic E-state index is 13.1. The topological polar surface area (TPSA) is 71.1 Å². The zero-order chi connectivity index (χ0) is 24.8. The predicted molar refractivity (Wildman–Crippen MR) is 123 cm³/mol. The second kappa shape index (κ2) is 11.1. The Morgan fingerprint density at radius 3 is 2.40 bits per heavy atom. The Kier molecular flexibility index (Phi) is 7.92. The summed E-state index contributed by atoms with van der Waals surface area (Å²) in [7, 11) is 0. The molecule has 0 saturated carbocycles. The third-order valence-electron chi connectivity index (χ3n) is 6.09. The molecule has 7 nitrogen and oxygen atoms in total. The molecule has 0 unspecified atom stereocenters. The first-order chi connectivity index (χ1) is 16.8. The van der Waals surface area contributed by atoms with E-state index >= 15 is 0 Å². The van der Waals surface area contributed by atoms with Crippen LogP contribution in [0.25, 0.3) is 0 Å². The lowest BCUT2D eigenvalue weighted by atomic mass is 10.1. The minimum atomic E-state index is -4.55. The summed E-state index contributed by atoms with van der Waals surface area (Å²) in [6.07, 6.45) is -2.39. The van der Waals surface area contributed by atoms with E-state index < -0.39 is 17.6 Å². The lowest BCUT2D eigenvalue weighted by molar-refractivity contribution is -0.137. The molecule has 188 valence electrons. The zero-order valence-electron chi connectivity index (χ0n) is 19.2. The number of amides is 2. The van der Waals surface area contributed by atoms with Gasteiger partial charge in [-0.2, -0.15) is 13.2 Å². The van der Waals surface area contributed by atoms with Gasteiger partial charge in [-0.05, 0) is 49.2 Å². The molecule has 2 saturated heterocycles. The van der Waals surface area contributed by atoms with Crippen LogP contribution in [0.2, 0.25) is 0 Å². The van der Waals surface area contributed by atoms with Gasteiger partial charge >= 0.3 is 6.18 Å².